The molecule has 10 heteroatoms. The number of nitrogens with one attached hydrogen (secondary N) is 1. The second kappa shape index (κ2) is 8.92. The molecule has 1 amide bonds. The number of thiophene rings is 1. The highest BCUT2D eigenvalue weighted by Crippen LogP contribution is 2.39. The van der Waals surface area contributed by atoms with Gasteiger partial charge in [-0.05, 0) is 42.9 Å². The number of methoxy groups -OCH3 is 1. The number of carbonyl (C=O) groups excluding carboxylic acids is 2. The minimum absolute atomic E-state index is 0.00862. The maximum atomic E-state index is 12.2. The number of nitriles is 1. The van der Waals surface area contributed by atoms with Gasteiger partial charge >= 0.3 is 11.7 Å². The monoisotopic (exact) mass is 429 g/mol. The smallest absolute Gasteiger partial charge is 0.338 e. The van der Waals surface area contributed by atoms with Crippen molar-refractivity contribution in [1.82, 2.24) is 0 Å². The molecule has 0 saturated heterocycles. The van der Waals surface area contributed by atoms with Crippen LogP contribution in [0.5, 0.6) is 5.75 Å². The highest BCUT2D eigenvalue weighted by Gasteiger charge is 2.25. The number of nitro groups is 1. The number of anilines is 1. The summed E-state index contributed by atoms with van der Waals surface area (Å²) >= 11 is 1.37. The first-order valence-corrected chi connectivity index (χ1v) is 9.99. The third-order valence-corrected chi connectivity index (χ3v) is 5.99. The zero-order valence-corrected chi connectivity index (χ0v) is 17.2. The van der Waals surface area contributed by atoms with E-state index in [0.29, 0.717) is 16.5 Å². The Hall–Kier alpha value is -3.45. The summed E-state index contributed by atoms with van der Waals surface area (Å²) in [6, 6.07) is 5.78. The van der Waals surface area contributed by atoms with Crippen LogP contribution in [0, 0.1) is 27.4 Å². The molecule has 2 aromatic rings. The Kier molecular flexibility index (Phi) is 6.32. The summed E-state index contributed by atoms with van der Waals surface area (Å²) in [6.07, 6.45) is 2.67. The third kappa shape index (κ3) is 4.41. The van der Waals surface area contributed by atoms with E-state index in [4.69, 9.17) is 9.47 Å². The normalized spacial score (nSPS) is 14.9. The number of nitrogens with zero attached hydrogens (tertiary/aromatic N) is 2. The van der Waals surface area contributed by atoms with Crippen molar-refractivity contribution in [2.75, 3.05) is 19.0 Å². The van der Waals surface area contributed by atoms with E-state index in [1.807, 2.05) is 0 Å². The molecule has 0 radical (unpaired) electrons. The molecule has 1 aromatic carbocycles. The van der Waals surface area contributed by atoms with Gasteiger partial charge < -0.3 is 14.8 Å². The first kappa shape index (κ1) is 21.3. The summed E-state index contributed by atoms with van der Waals surface area (Å²) in [6.45, 7) is 1.57. The van der Waals surface area contributed by atoms with Gasteiger partial charge in [0.05, 0.1) is 23.2 Å². The van der Waals surface area contributed by atoms with E-state index in [1.165, 1.54) is 30.6 Å². The number of nitro benzene ring substituents is 1. The van der Waals surface area contributed by atoms with Crippen LogP contribution in [-0.4, -0.2) is 30.5 Å². The van der Waals surface area contributed by atoms with Crippen molar-refractivity contribution < 1.29 is 24.0 Å². The number of carbonyl (C=O) groups is 2. The van der Waals surface area contributed by atoms with E-state index in [2.05, 4.69) is 18.3 Å². The molecular weight excluding hydrogens is 410 g/mol. The van der Waals surface area contributed by atoms with E-state index < -0.39 is 23.4 Å². The summed E-state index contributed by atoms with van der Waals surface area (Å²) in [4.78, 5) is 35.9. The maximum Gasteiger partial charge on any atom is 0.338 e. The SMILES string of the molecule is COc1ccc(C(=O)OCC(=O)Nc2sc3c(c2C#N)CCC(C)C3)cc1[N+](=O)[O-]. The van der Waals surface area contributed by atoms with Gasteiger partial charge in [0.15, 0.2) is 12.4 Å². The highest BCUT2D eigenvalue weighted by atomic mass is 32.1. The minimum atomic E-state index is -0.879. The summed E-state index contributed by atoms with van der Waals surface area (Å²) in [5, 5.41) is 23.6. The van der Waals surface area contributed by atoms with Crippen LogP contribution in [0.15, 0.2) is 18.2 Å². The van der Waals surface area contributed by atoms with E-state index in [-0.39, 0.29) is 17.0 Å². The summed E-state index contributed by atoms with van der Waals surface area (Å²) in [7, 11) is 1.28. The fourth-order valence-corrected chi connectivity index (χ4v) is 4.67. The lowest BCUT2D eigenvalue weighted by Crippen LogP contribution is -2.21. The molecule has 0 fully saturated rings. The molecule has 3 rings (SSSR count). The van der Waals surface area contributed by atoms with Gasteiger partial charge in [-0.3, -0.25) is 14.9 Å². The van der Waals surface area contributed by atoms with Gasteiger partial charge in [0.25, 0.3) is 5.91 Å². The van der Waals surface area contributed by atoms with Crippen LogP contribution in [0.4, 0.5) is 10.7 Å². The summed E-state index contributed by atoms with van der Waals surface area (Å²) < 4.78 is 9.86. The molecule has 156 valence electrons. The van der Waals surface area contributed by atoms with Crippen LogP contribution < -0.4 is 10.1 Å². The average molecular weight is 429 g/mol. The molecule has 1 N–H and O–H groups in total. The Morgan fingerprint density at radius 3 is 2.87 bits per heavy atom. The lowest BCUT2D eigenvalue weighted by molar-refractivity contribution is -0.385. The van der Waals surface area contributed by atoms with Crippen LogP contribution in [0.1, 0.15) is 39.7 Å². The Morgan fingerprint density at radius 1 is 1.43 bits per heavy atom. The van der Waals surface area contributed by atoms with Gasteiger partial charge in [0, 0.05) is 10.9 Å². The molecule has 1 aromatic heterocycles. The van der Waals surface area contributed by atoms with Gasteiger partial charge in [-0.1, -0.05) is 6.92 Å². The standard InChI is InChI=1S/C20H19N3O6S/c1-11-3-5-13-14(9-21)19(30-17(13)7-11)22-18(24)10-29-20(25)12-4-6-16(28-2)15(8-12)23(26)27/h4,6,8,11H,3,5,7,10H2,1-2H3,(H,22,24). The van der Waals surface area contributed by atoms with Gasteiger partial charge in [-0.15, -0.1) is 11.3 Å². The van der Waals surface area contributed by atoms with Crippen molar-refractivity contribution in [2.24, 2.45) is 5.92 Å². The fourth-order valence-electron chi connectivity index (χ4n) is 3.29. The number of rotatable bonds is 6. The molecule has 1 heterocycles. The largest absolute Gasteiger partial charge is 0.490 e. The Labute approximate surface area is 176 Å². The lowest BCUT2D eigenvalue weighted by atomic mass is 9.89. The van der Waals surface area contributed by atoms with Crippen LogP contribution >= 0.6 is 11.3 Å². The van der Waals surface area contributed by atoms with Gasteiger partial charge in [0.2, 0.25) is 0 Å². The predicted octanol–water partition coefficient (Wildman–Crippen LogP) is 3.46. The Balaban J connectivity index is 1.66. The quantitative estimate of drug-likeness (QED) is 0.422. The molecule has 0 spiro atoms. The molecule has 1 atom stereocenters. The van der Waals surface area contributed by atoms with Gasteiger partial charge in [-0.2, -0.15) is 5.26 Å². The number of esters is 1. The number of ether oxygens (including phenoxy) is 2. The number of hydrogen-bond donors (Lipinski definition) is 1. The van der Waals surface area contributed by atoms with Crippen molar-refractivity contribution in [3.05, 3.63) is 49.9 Å². The average Bonchev–Trinajstić information content (AvgIpc) is 3.07. The van der Waals surface area contributed by atoms with Crippen molar-refractivity contribution in [3.63, 3.8) is 0 Å². The van der Waals surface area contributed by atoms with Crippen LogP contribution in [0.25, 0.3) is 0 Å². The molecule has 0 saturated carbocycles. The van der Waals surface area contributed by atoms with Gasteiger partial charge in [0.1, 0.15) is 11.1 Å². The second-order valence-corrected chi connectivity index (χ2v) is 8.04. The fraction of sp³-hybridized carbons (Fsp3) is 0.350. The van der Waals surface area contributed by atoms with Gasteiger partial charge in [-0.25, -0.2) is 4.79 Å². The number of hydrogen-bond acceptors (Lipinski definition) is 8. The maximum absolute atomic E-state index is 12.2. The number of benzene rings is 1. The Morgan fingerprint density at radius 2 is 2.20 bits per heavy atom. The first-order valence-electron chi connectivity index (χ1n) is 9.18. The minimum Gasteiger partial charge on any atom is -0.490 e. The van der Waals surface area contributed by atoms with Crippen molar-refractivity contribution in [1.29, 1.82) is 5.26 Å². The predicted molar refractivity (Wildman–Crippen MR) is 109 cm³/mol. The van der Waals surface area contributed by atoms with Crippen LogP contribution in [-0.2, 0) is 22.4 Å². The summed E-state index contributed by atoms with van der Waals surface area (Å²) in [5.74, 6) is -0.930. The van der Waals surface area contributed by atoms with E-state index in [1.54, 1.807) is 0 Å². The van der Waals surface area contributed by atoms with E-state index >= 15 is 0 Å². The third-order valence-electron chi connectivity index (χ3n) is 4.82. The summed E-state index contributed by atoms with van der Waals surface area (Å²) in [5.41, 5.74) is 0.993. The molecule has 9 nitrogen and oxygen atoms in total. The lowest BCUT2D eigenvalue weighted by Gasteiger charge is -2.17. The highest BCUT2D eigenvalue weighted by molar-refractivity contribution is 7.16. The molecule has 1 unspecified atom stereocenters. The Bertz CT molecular complexity index is 1060. The van der Waals surface area contributed by atoms with Crippen molar-refractivity contribution in [3.8, 4) is 11.8 Å². The van der Waals surface area contributed by atoms with Crippen molar-refractivity contribution in [2.45, 2.75) is 26.2 Å². The number of fused-ring (bicyclic) bond motifs is 1. The zero-order valence-electron chi connectivity index (χ0n) is 16.4. The molecule has 1 aliphatic carbocycles. The molecule has 1 aliphatic rings. The second-order valence-electron chi connectivity index (χ2n) is 6.94. The molecule has 0 bridgehead atoms. The molecular formula is C20H19N3O6S. The molecule has 30 heavy (non-hydrogen) atoms. The number of amides is 1. The molecule has 0 aliphatic heterocycles. The van der Waals surface area contributed by atoms with Crippen LogP contribution in [0.3, 0.4) is 0 Å². The first-order chi connectivity index (χ1) is 14.3. The topological polar surface area (TPSA) is 132 Å². The van der Waals surface area contributed by atoms with E-state index in [0.717, 1.165) is 35.8 Å². The van der Waals surface area contributed by atoms with E-state index in [9.17, 15) is 25.0 Å². The van der Waals surface area contributed by atoms with Crippen LogP contribution in [0.2, 0.25) is 0 Å². The van der Waals surface area contributed by atoms with Crippen molar-refractivity contribution >= 4 is 33.9 Å². The zero-order chi connectivity index (χ0) is 21.8.